The van der Waals surface area contributed by atoms with Crippen LogP contribution in [0.15, 0.2) is 41.5 Å². The third kappa shape index (κ3) is 2.49. The zero-order valence-electron chi connectivity index (χ0n) is 14.4. The number of carbonyl (C=O) groups is 3. The van der Waals surface area contributed by atoms with Crippen LogP contribution in [0.3, 0.4) is 0 Å². The summed E-state index contributed by atoms with van der Waals surface area (Å²) in [4.78, 5) is 36.1. The van der Waals surface area contributed by atoms with Crippen LogP contribution in [0.25, 0.3) is 0 Å². The van der Waals surface area contributed by atoms with Crippen LogP contribution < -0.4 is 4.74 Å². The number of imide groups is 1. The second kappa shape index (κ2) is 5.77. The summed E-state index contributed by atoms with van der Waals surface area (Å²) in [6.45, 7) is -0.411. The van der Waals surface area contributed by atoms with E-state index in [-0.39, 0.29) is 35.5 Å². The third-order valence-corrected chi connectivity index (χ3v) is 6.20. The Hall–Kier alpha value is -2.96. The number of carbonyl (C=O) groups excluding carboxylic acids is 2. The molecular formula is C20H18N2O5. The number of amides is 2. The highest BCUT2D eigenvalue weighted by Crippen LogP contribution is 2.65. The van der Waals surface area contributed by atoms with Crippen LogP contribution in [0.1, 0.15) is 12.0 Å². The number of carboxylic acids is 1. The molecule has 2 bridgehead atoms. The van der Waals surface area contributed by atoms with E-state index in [1.165, 1.54) is 6.21 Å². The van der Waals surface area contributed by atoms with Gasteiger partial charge in [-0.1, -0.05) is 12.2 Å². The average molecular weight is 366 g/mol. The van der Waals surface area contributed by atoms with Crippen LogP contribution in [0, 0.1) is 35.5 Å². The summed E-state index contributed by atoms with van der Waals surface area (Å²) in [5.74, 6) is 0.0188. The van der Waals surface area contributed by atoms with Crippen LogP contribution >= 0.6 is 0 Å². The van der Waals surface area contributed by atoms with E-state index >= 15 is 0 Å². The molecule has 1 aromatic rings. The van der Waals surface area contributed by atoms with Gasteiger partial charge in [-0.25, -0.2) is 4.79 Å². The standard InChI is InChI=1S/C20H18N2O5/c23-16(24)9-27-11-3-1-10(2-4-11)8-21-22-19(25)17-12-5-6-13(15-7-14(12)15)18(17)20(22)26/h1-6,8,12-15,17-18H,7,9H2,(H,23,24). The second-order valence-corrected chi connectivity index (χ2v) is 7.64. The normalized spacial score (nSPS) is 35.5. The fraction of sp³-hybridized carbons (Fsp3) is 0.400. The first-order valence-corrected chi connectivity index (χ1v) is 9.09. The molecule has 7 nitrogen and oxygen atoms in total. The Balaban J connectivity index is 1.31. The van der Waals surface area contributed by atoms with E-state index in [0.717, 1.165) is 11.4 Å². The maximum Gasteiger partial charge on any atom is 0.341 e. The van der Waals surface area contributed by atoms with Crippen molar-refractivity contribution in [3.05, 3.63) is 42.0 Å². The Kier molecular flexibility index (Phi) is 3.47. The monoisotopic (exact) mass is 366 g/mol. The van der Waals surface area contributed by atoms with Gasteiger partial charge in [0.05, 0.1) is 18.1 Å². The molecule has 2 amide bonds. The Morgan fingerprint density at radius 1 is 1.11 bits per heavy atom. The number of hydrazone groups is 1. The minimum absolute atomic E-state index is 0.187. The third-order valence-electron chi connectivity index (χ3n) is 6.20. The summed E-state index contributed by atoms with van der Waals surface area (Å²) in [7, 11) is 0. The zero-order valence-corrected chi connectivity index (χ0v) is 14.4. The van der Waals surface area contributed by atoms with Gasteiger partial charge in [0.1, 0.15) is 5.75 Å². The van der Waals surface area contributed by atoms with E-state index in [4.69, 9.17) is 9.84 Å². The quantitative estimate of drug-likeness (QED) is 0.484. The predicted molar refractivity (Wildman–Crippen MR) is 93.7 cm³/mol. The number of benzene rings is 1. The van der Waals surface area contributed by atoms with Crippen LogP contribution in [0.4, 0.5) is 0 Å². The summed E-state index contributed by atoms with van der Waals surface area (Å²) in [6.07, 6.45) is 6.88. The molecule has 6 unspecified atom stereocenters. The average Bonchev–Trinajstić information content (AvgIpc) is 3.45. The zero-order chi connectivity index (χ0) is 18.7. The Bertz CT molecular complexity index is 854. The number of rotatable bonds is 5. The van der Waals surface area contributed by atoms with Crippen molar-refractivity contribution in [3.8, 4) is 5.75 Å². The molecule has 0 aromatic heterocycles. The van der Waals surface area contributed by atoms with E-state index in [1.54, 1.807) is 24.3 Å². The van der Waals surface area contributed by atoms with Gasteiger partial charge in [-0.15, -0.1) is 0 Å². The summed E-state index contributed by atoms with van der Waals surface area (Å²) in [5, 5.41) is 13.8. The first-order valence-electron chi connectivity index (χ1n) is 9.09. The van der Waals surface area contributed by atoms with Gasteiger partial charge >= 0.3 is 5.97 Å². The van der Waals surface area contributed by atoms with Gasteiger partial charge < -0.3 is 9.84 Å². The summed E-state index contributed by atoms with van der Waals surface area (Å²) in [5.41, 5.74) is 0.692. The molecule has 1 aliphatic heterocycles. The van der Waals surface area contributed by atoms with Gasteiger partial charge in [-0.3, -0.25) is 9.59 Å². The lowest BCUT2D eigenvalue weighted by Gasteiger charge is -2.37. The predicted octanol–water partition coefficient (Wildman–Crippen LogP) is 1.54. The molecule has 1 saturated heterocycles. The molecule has 6 rings (SSSR count). The van der Waals surface area contributed by atoms with Crippen molar-refractivity contribution in [1.82, 2.24) is 5.01 Å². The highest BCUT2D eigenvalue weighted by Gasteiger charge is 2.67. The number of nitrogens with zero attached hydrogens (tertiary/aromatic N) is 2. The maximum atomic E-state index is 12.8. The number of hydrogen-bond donors (Lipinski definition) is 1. The smallest absolute Gasteiger partial charge is 0.341 e. The van der Waals surface area contributed by atoms with Crippen molar-refractivity contribution in [2.24, 2.45) is 40.6 Å². The van der Waals surface area contributed by atoms with Gasteiger partial charge in [0.25, 0.3) is 11.8 Å². The molecule has 1 heterocycles. The van der Waals surface area contributed by atoms with E-state index in [2.05, 4.69) is 17.3 Å². The summed E-state index contributed by atoms with van der Waals surface area (Å²) >= 11 is 0. The Morgan fingerprint density at radius 2 is 1.70 bits per heavy atom. The highest BCUT2D eigenvalue weighted by atomic mass is 16.5. The lowest BCUT2D eigenvalue weighted by Crippen LogP contribution is -2.40. The number of hydrogen-bond acceptors (Lipinski definition) is 5. The maximum absolute atomic E-state index is 12.8. The van der Waals surface area contributed by atoms with Crippen molar-refractivity contribution >= 4 is 24.0 Å². The molecular weight excluding hydrogens is 348 g/mol. The van der Waals surface area contributed by atoms with Crippen molar-refractivity contribution in [3.63, 3.8) is 0 Å². The number of aliphatic carboxylic acids is 1. The molecule has 4 aliphatic carbocycles. The van der Waals surface area contributed by atoms with Crippen molar-refractivity contribution in [2.75, 3.05) is 6.61 Å². The number of ether oxygens (including phenoxy) is 1. The molecule has 0 radical (unpaired) electrons. The molecule has 1 aromatic carbocycles. The molecule has 27 heavy (non-hydrogen) atoms. The lowest BCUT2D eigenvalue weighted by atomic mass is 9.63. The Labute approximate surface area is 155 Å². The molecule has 5 aliphatic rings. The first-order chi connectivity index (χ1) is 13.0. The van der Waals surface area contributed by atoms with Crippen LogP contribution in [0.2, 0.25) is 0 Å². The summed E-state index contributed by atoms with van der Waals surface area (Å²) in [6, 6.07) is 6.63. The van der Waals surface area contributed by atoms with E-state index < -0.39 is 12.6 Å². The fourth-order valence-corrected chi connectivity index (χ4v) is 4.97. The molecule has 3 fully saturated rings. The van der Waals surface area contributed by atoms with Crippen LogP contribution in [0.5, 0.6) is 5.75 Å². The first kappa shape index (κ1) is 16.2. The SMILES string of the molecule is O=C(O)COc1ccc(C=NN2C(=O)C3C4C=CC(C5CC45)C3C2=O)cc1. The number of allylic oxidation sites excluding steroid dienone is 2. The minimum atomic E-state index is -1.05. The minimum Gasteiger partial charge on any atom is -0.482 e. The van der Waals surface area contributed by atoms with E-state index in [1.807, 2.05) is 0 Å². The van der Waals surface area contributed by atoms with Gasteiger partial charge in [0, 0.05) is 0 Å². The molecule has 2 saturated carbocycles. The molecule has 1 N–H and O–H groups in total. The van der Waals surface area contributed by atoms with Gasteiger partial charge in [-0.05, 0) is 59.9 Å². The van der Waals surface area contributed by atoms with Crippen molar-refractivity contribution in [2.45, 2.75) is 6.42 Å². The van der Waals surface area contributed by atoms with Gasteiger partial charge in [0.2, 0.25) is 0 Å². The molecule has 7 heteroatoms. The second-order valence-electron chi connectivity index (χ2n) is 7.64. The largest absolute Gasteiger partial charge is 0.482 e. The molecule has 0 spiro atoms. The van der Waals surface area contributed by atoms with E-state index in [9.17, 15) is 14.4 Å². The number of carboxylic acid groups (broad SMARTS) is 1. The summed E-state index contributed by atoms with van der Waals surface area (Å²) < 4.78 is 5.07. The fourth-order valence-electron chi connectivity index (χ4n) is 4.97. The lowest BCUT2D eigenvalue weighted by molar-refractivity contribution is -0.141. The Morgan fingerprint density at radius 3 is 2.26 bits per heavy atom. The van der Waals surface area contributed by atoms with Crippen LogP contribution in [-0.4, -0.2) is 40.7 Å². The molecule has 6 atom stereocenters. The highest BCUT2D eigenvalue weighted by molar-refractivity contribution is 6.06. The van der Waals surface area contributed by atoms with Crippen molar-refractivity contribution in [1.29, 1.82) is 0 Å². The van der Waals surface area contributed by atoms with Crippen molar-refractivity contribution < 1.29 is 24.2 Å². The van der Waals surface area contributed by atoms with Gasteiger partial charge in [0.15, 0.2) is 6.61 Å². The van der Waals surface area contributed by atoms with E-state index in [0.29, 0.717) is 23.1 Å². The molecule has 138 valence electrons. The van der Waals surface area contributed by atoms with Gasteiger partial charge in [-0.2, -0.15) is 10.1 Å². The van der Waals surface area contributed by atoms with Crippen LogP contribution in [-0.2, 0) is 14.4 Å². The topological polar surface area (TPSA) is 96.3 Å².